The van der Waals surface area contributed by atoms with Crippen molar-refractivity contribution in [1.82, 2.24) is 5.32 Å². The lowest BCUT2D eigenvalue weighted by atomic mass is 10.1. The molecule has 21 heavy (non-hydrogen) atoms. The number of alkyl carbamates (subject to hydrolysis) is 1. The molecule has 2 atom stereocenters. The summed E-state index contributed by atoms with van der Waals surface area (Å²) in [5.41, 5.74) is 0.896. The third-order valence-electron chi connectivity index (χ3n) is 3.00. The van der Waals surface area contributed by atoms with Gasteiger partial charge in [-0.15, -0.1) is 0 Å². The predicted molar refractivity (Wildman–Crippen MR) is 82.4 cm³/mol. The number of benzene rings is 2. The fraction of sp³-hybridized carbons (Fsp3) is 0.188. The Hall–Kier alpha value is -2.14. The van der Waals surface area contributed by atoms with Crippen molar-refractivity contribution in [3.63, 3.8) is 0 Å². The minimum absolute atomic E-state index is 0.295. The average Bonchev–Trinajstić information content (AvgIpc) is 2.55. The van der Waals surface area contributed by atoms with Crippen molar-refractivity contribution in [2.45, 2.75) is 10.9 Å². The SMILES string of the molecule is COC(=O)N[C@H](C[S@](=O)c1ccccc1)c1ccccc1. The van der Waals surface area contributed by atoms with E-state index in [1.54, 1.807) is 0 Å². The molecule has 0 aliphatic carbocycles. The summed E-state index contributed by atoms with van der Waals surface area (Å²) in [4.78, 5) is 12.2. The highest BCUT2D eigenvalue weighted by molar-refractivity contribution is 7.85. The molecule has 1 amide bonds. The second kappa shape index (κ2) is 7.59. The standard InChI is InChI=1S/C16H17NO3S/c1-20-16(18)17-15(13-8-4-2-5-9-13)12-21(19)14-10-6-3-7-11-14/h2-11,15H,12H2,1H3,(H,17,18)/t15-,21+/m1/s1. The zero-order valence-electron chi connectivity index (χ0n) is 11.7. The quantitative estimate of drug-likeness (QED) is 0.924. The number of rotatable bonds is 5. The van der Waals surface area contributed by atoms with Gasteiger partial charge in [0.05, 0.1) is 29.7 Å². The van der Waals surface area contributed by atoms with Crippen LogP contribution in [0.5, 0.6) is 0 Å². The van der Waals surface area contributed by atoms with Crippen LogP contribution in [0.3, 0.4) is 0 Å². The van der Waals surface area contributed by atoms with Crippen LogP contribution >= 0.6 is 0 Å². The van der Waals surface area contributed by atoms with Crippen LogP contribution in [0.2, 0.25) is 0 Å². The number of carbonyl (C=O) groups is 1. The van der Waals surface area contributed by atoms with Crippen molar-refractivity contribution in [3.05, 3.63) is 66.2 Å². The molecule has 2 aromatic rings. The lowest BCUT2D eigenvalue weighted by molar-refractivity contribution is 0.167. The number of hydrogen-bond donors (Lipinski definition) is 1. The van der Waals surface area contributed by atoms with Gasteiger partial charge < -0.3 is 10.1 Å². The molecule has 0 aliphatic heterocycles. The molecule has 0 saturated carbocycles. The van der Waals surface area contributed by atoms with Gasteiger partial charge in [-0.1, -0.05) is 48.5 Å². The first-order chi connectivity index (χ1) is 10.2. The molecule has 0 spiro atoms. The zero-order valence-corrected chi connectivity index (χ0v) is 12.5. The van der Waals surface area contributed by atoms with E-state index in [1.807, 2.05) is 60.7 Å². The van der Waals surface area contributed by atoms with Gasteiger partial charge in [0.25, 0.3) is 0 Å². The smallest absolute Gasteiger partial charge is 0.407 e. The lowest BCUT2D eigenvalue weighted by Gasteiger charge is -2.18. The summed E-state index contributed by atoms with van der Waals surface area (Å²) in [6.45, 7) is 0. The molecule has 0 bridgehead atoms. The highest BCUT2D eigenvalue weighted by Crippen LogP contribution is 2.17. The van der Waals surface area contributed by atoms with Crippen molar-refractivity contribution in [2.24, 2.45) is 0 Å². The van der Waals surface area contributed by atoms with Gasteiger partial charge in [-0.2, -0.15) is 0 Å². The Labute approximate surface area is 126 Å². The van der Waals surface area contributed by atoms with Gasteiger partial charge in [-0.3, -0.25) is 4.21 Å². The van der Waals surface area contributed by atoms with Gasteiger partial charge in [0.1, 0.15) is 0 Å². The zero-order chi connectivity index (χ0) is 15.1. The second-order valence-corrected chi connectivity index (χ2v) is 5.92. The topological polar surface area (TPSA) is 55.4 Å². The molecule has 5 heteroatoms. The van der Waals surface area contributed by atoms with E-state index in [9.17, 15) is 9.00 Å². The molecule has 4 nitrogen and oxygen atoms in total. The Morgan fingerprint density at radius 1 is 1.10 bits per heavy atom. The van der Waals surface area contributed by atoms with Gasteiger partial charge in [0.2, 0.25) is 0 Å². The van der Waals surface area contributed by atoms with Crippen LogP contribution in [-0.2, 0) is 15.5 Å². The van der Waals surface area contributed by atoms with Crippen LogP contribution in [-0.4, -0.2) is 23.2 Å². The van der Waals surface area contributed by atoms with Gasteiger partial charge >= 0.3 is 6.09 Å². The van der Waals surface area contributed by atoms with E-state index in [1.165, 1.54) is 7.11 Å². The first-order valence-corrected chi connectivity index (χ1v) is 7.85. The summed E-state index contributed by atoms with van der Waals surface area (Å²) in [7, 11) is 0.108. The van der Waals surface area contributed by atoms with Crippen LogP contribution in [0.15, 0.2) is 65.6 Å². The molecule has 2 rings (SSSR count). The van der Waals surface area contributed by atoms with E-state index in [4.69, 9.17) is 0 Å². The summed E-state index contributed by atoms with van der Waals surface area (Å²) < 4.78 is 17.1. The van der Waals surface area contributed by atoms with Crippen molar-refractivity contribution in [3.8, 4) is 0 Å². The van der Waals surface area contributed by atoms with E-state index >= 15 is 0 Å². The molecular weight excluding hydrogens is 286 g/mol. The van der Waals surface area contributed by atoms with E-state index in [0.717, 1.165) is 10.5 Å². The Bertz CT molecular complexity index is 601. The maximum absolute atomic E-state index is 12.4. The van der Waals surface area contributed by atoms with Gasteiger partial charge in [0, 0.05) is 4.90 Å². The van der Waals surface area contributed by atoms with Crippen LogP contribution in [0.1, 0.15) is 11.6 Å². The summed E-state index contributed by atoms with van der Waals surface area (Å²) in [5, 5.41) is 2.73. The molecule has 0 saturated heterocycles. The largest absolute Gasteiger partial charge is 0.453 e. The van der Waals surface area contributed by atoms with E-state index in [-0.39, 0.29) is 6.04 Å². The average molecular weight is 303 g/mol. The van der Waals surface area contributed by atoms with E-state index in [0.29, 0.717) is 5.75 Å². The molecular formula is C16H17NO3S. The summed E-state index contributed by atoms with van der Waals surface area (Å²) >= 11 is 0. The van der Waals surface area contributed by atoms with E-state index in [2.05, 4.69) is 10.1 Å². The number of carbonyl (C=O) groups excluding carboxylic acids is 1. The number of ether oxygens (including phenoxy) is 1. The Morgan fingerprint density at radius 3 is 2.24 bits per heavy atom. The Kier molecular flexibility index (Phi) is 5.51. The van der Waals surface area contributed by atoms with Crippen molar-refractivity contribution >= 4 is 16.9 Å². The highest BCUT2D eigenvalue weighted by Gasteiger charge is 2.18. The summed E-state index contributed by atoms with van der Waals surface area (Å²) in [6, 6.07) is 18.3. The maximum Gasteiger partial charge on any atom is 0.407 e. The molecule has 0 radical (unpaired) electrons. The monoisotopic (exact) mass is 303 g/mol. The molecule has 0 fully saturated rings. The minimum Gasteiger partial charge on any atom is -0.453 e. The Morgan fingerprint density at radius 2 is 1.67 bits per heavy atom. The third-order valence-corrected chi connectivity index (χ3v) is 4.44. The number of nitrogens with one attached hydrogen (secondary N) is 1. The second-order valence-electron chi connectivity index (χ2n) is 4.42. The molecule has 0 aliphatic rings. The highest BCUT2D eigenvalue weighted by atomic mass is 32.2. The van der Waals surface area contributed by atoms with Crippen LogP contribution in [0.25, 0.3) is 0 Å². The lowest BCUT2D eigenvalue weighted by Crippen LogP contribution is -2.31. The normalized spacial score (nSPS) is 13.2. The molecule has 110 valence electrons. The van der Waals surface area contributed by atoms with Crippen LogP contribution in [0, 0.1) is 0 Å². The maximum atomic E-state index is 12.4. The molecule has 0 unspecified atom stereocenters. The fourth-order valence-corrected chi connectivity index (χ4v) is 3.16. The van der Waals surface area contributed by atoms with Crippen LogP contribution < -0.4 is 5.32 Å². The van der Waals surface area contributed by atoms with Crippen molar-refractivity contribution in [2.75, 3.05) is 12.9 Å². The first kappa shape index (κ1) is 15.3. The summed E-state index contributed by atoms with van der Waals surface area (Å²) in [6.07, 6.45) is -0.533. The number of hydrogen-bond acceptors (Lipinski definition) is 3. The van der Waals surface area contributed by atoms with E-state index < -0.39 is 16.9 Å². The summed E-state index contributed by atoms with van der Waals surface area (Å²) in [5.74, 6) is 0.295. The van der Waals surface area contributed by atoms with Crippen molar-refractivity contribution < 1.29 is 13.7 Å². The van der Waals surface area contributed by atoms with Gasteiger partial charge in [-0.25, -0.2) is 4.79 Å². The minimum atomic E-state index is -1.20. The van der Waals surface area contributed by atoms with Crippen molar-refractivity contribution in [1.29, 1.82) is 0 Å². The van der Waals surface area contributed by atoms with Crippen LogP contribution in [0.4, 0.5) is 4.79 Å². The molecule has 0 aromatic heterocycles. The fourth-order valence-electron chi connectivity index (χ4n) is 1.93. The molecule has 0 heterocycles. The number of methoxy groups -OCH3 is 1. The third kappa shape index (κ3) is 4.43. The first-order valence-electron chi connectivity index (χ1n) is 6.53. The molecule has 2 aromatic carbocycles. The van der Waals surface area contributed by atoms with Gasteiger partial charge in [-0.05, 0) is 17.7 Å². The number of amides is 1. The van der Waals surface area contributed by atoms with Gasteiger partial charge in [0.15, 0.2) is 0 Å². The predicted octanol–water partition coefficient (Wildman–Crippen LogP) is 2.89. The molecule has 1 N–H and O–H groups in total. The Balaban J connectivity index is 2.16.